The van der Waals surface area contributed by atoms with E-state index in [2.05, 4.69) is 60.8 Å². The molecule has 3 rings (SSSR count). The second-order valence-electron chi connectivity index (χ2n) is 5.51. The van der Waals surface area contributed by atoms with Crippen molar-refractivity contribution in [3.63, 3.8) is 0 Å². The molecule has 2 aromatic rings. The Hall–Kier alpha value is -1.76. The lowest BCUT2D eigenvalue weighted by molar-refractivity contribution is 0.644. The molecular weight excluding hydrogens is 230 g/mol. The summed E-state index contributed by atoms with van der Waals surface area (Å²) in [6.45, 7) is 2.13. The van der Waals surface area contributed by atoms with E-state index in [9.17, 15) is 0 Å². The van der Waals surface area contributed by atoms with Crippen LogP contribution in [-0.2, 0) is 6.42 Å². The van der Waals surface area contributed by atoms with Crippen molar-refractivity contribution in [1.29, 1.82) is 0 Å². The first kappa shape index (κ1) is 12.3. The lowest BCUT2D eigenvalue weighted by Gasteiger charge is -2.20. The summed E-state index contributed by atoms with van der Waals surface area (Å²) in [7, 11) is 0. The zero-order valence-electron chi connectivity index (χ0n) is 11.5. The van der Waals surface area contributed by atoms with Crippen LogP contribution >= 0.6 is 0 Å². The summed E-state index contributed by atoms with van der Waals surface area (Å²) in [6.07, 6.45) is 5.06. The molecule has 1 aliphatic rings. The average molecular weight is 251 g/mol. The lowest BCUT2D eigenvalue weighted by Crippen LogP contribution is -2.11. The predicted molar refractivity (Wildman–Crippen MR) is 81.5 cm³/mol. The van der Waals surface area contributed by atoms with Gasteiger partial charge in [-0.15, -0.1) is 0 Å². The Morgan fingerprint density at radius 1 is 0.947 bits per heavy atom. The average Bonchev–Trinajstić information content (AvgIpc) is 2.64. The topological polar surface area (TPSA) is 12.0 Å². The van der Waals surface area contributed by atoms with E-state index in [1.54, 1.807) is 0 Å². The van der Waals surface area contributed by atoms with Crippen LogP contribution in [0, 0.1) is 6.92 Å². The van der Waals surface area contributed by atoms with E-state index in [0.29, 0.717) is 6.04 Å². The van der Waals surface area contributed by atoms with Crippen LogP contribution < -0.4 is 5.32 Å². The third-order valence-electron chi connectivity index (χ3n) is 4.01. The van der Waals surface area contributed by atoms with Crippen LogP contribution in [0.5, 0.6) is 0 Å². The molecule has 1 nitrogen and oxygen atoms in total. The molecule has 0 heterocycles. The molecule has 98 valence electrons. The van der Waals surface area contributed by atoms with E-state index < -0.39 is 0 Å². The van der Waals surface area contributed by atoms with E-state index in [4.69, 9.17) is 0 Å². The van der Waals surface area contributed by atoms with Crippen LogP contribution in [-0.4, -0.2) is 0 Å². The highest BCUT2D eigenvalue weighted by Gasteiger charge is 2.17. The van der Waals surface area contributed by atoms with Crippen LogP contribution in [0.3, 0.4) is 0 Å². The van der Waals surface area contributed by atoms with Crippen LogP contribution in [0.25, 0.3) is 0 Å². The van der Waals surface area contributed by atoms with Gasteiger partial charge in [-0.3, -0.25) is 0 Å². The van der Waals surface area contributed by atoms with Gasteiger partial charge in [-0.25, -0.2) is 0 Å². The van der Waals surface area contributed by atoms with E-state index in [0.717, 1.165) is 0 Å². The minimum Gasteiger partial charge on any atom is -0.378 e. The van der Waals surface area contributed by atoms with E-state index >= 15 is 0 Å². The van der Waals surface area contributed by atoms with Gasteiger partial charge in [0.25, 0.3) is 0 Å². The summed E-state index contributed by atoms with van der Waals surface area (Å²) in [5.74, 6) is 0. The van der Waals surface area contributed by atoms with Crippen molar-refractivity contribution in [2.24, 2.45) is 0 Å². The molecule has 0 amide bonds. The fourth-order valence-corrected chi connectivity index (χ4v) is 2.92. The van der Waals surface area contributed by atoms with Crippen molar-refractivity contribution in [3.05, 3.63) is 65.2 Å². The van der Waals surface area contributed by atoms with Crippen molar-refractivity contribution >= 4 is 5.69 Å². The molecule has 1 N–H and O–H groups in total. The zero-order chi connectivity index (χ0) is 13.1. The molecule has 1 heteroatoms. The maximum absolute atomic E-state index is 3.70. The fraction of sp³-hybridized carbons (Fsp3) is 0.333. The molecule has 0 fully saturated rings. The van der Waals surface area contributed by atoms with Crippen molar-refractivity contribution < 1.29 is 0 Å². The molecule has 0 saturated carbocycles. The van der Waals surface area contributed by atoms with Gasteiger partial charge < -0.3 is 5.32 Å². The number of rotatable bonds is 2. The first-order chi connectivity index (χ1) is 9.33. The smallest absolute Gasteiger partial charge is 0.0516 e. The molecule has 1 aliphatic carbocycles. The Bertz CT molecular complexity index is 542. The number of aryl methyl sites for hydroxylation is 2. The fourth-order valence-electron chi connectivity index (χ4n) is 2.92. The van der Waals surface area contributed by atoms with Gasteiger partial charge in [0.05, 0.1) is 6.04 Å². The van der Waals surface area contributed by atoms with Gasteiger partial charge in [-0.1, -0.05) is 48.4 Å². The molecule has 1 atom stereocenters. The van der Waals surface area contributed by atoms with Crippen molar-refractivity contribution in [1.82, 2.24) is 0 Å². The molecule has 0 spiro atoms. The van der Waals surface area contributed by atoms with Gasteiger partial charge in [-0.2, -0.15) is 0 Å². The van der Waals surface area contributed by atoms with E-state index in [1.807, 2.05) is 0 Å². The Labute approximate surface area is 115 Å². The second kappa shape index (κ2) is 5.48. The van der Waals surface area contributed by atoms with Crippen molar-refractivity contribution in [2.45, 2.75) is 38.6 Å². The minimum atomic E-state index is 0.460. The molecular formula is C18H21N. The maximum atomic E-state index is 3.70. The monoisotopic (exact) mass is 251 g/mol. The molecule has 0 bridgehead atoms. The first-order valence-corrected chi connectivity index (χ1v) is 7.24. The van der Waals surface area contributed by atoms with Crippen LogP contribution in [0.1, 0.15) is 42.0 Å². The summed E-state index contributed by atoms with van der Waals surface area (Å²) >= 11 is 0. The molecule has 1 unspecified atom stereocenters. The third kappa shape index (κ3) is 2.81. The van der Waals surface area contributed by atoms with Crippen LogP contribution in [0.2, 0.25) is 0 Å². The van der Waals surface area contributed by atoms with Crippen LogP contribution in [0.4, 0.5) is 5.69 Å². The molecule has 0 radical (unpaired) electrons. The summed E-state index contributed by atoms with van der Waals surface area (Å²) in [5.41, 5.74) is 5.55. The highest BCUT2D eigenvalue weighted by molar-refractivity contribution is 5.48. The standard InChI is InChI=1S/C18H21N/c1-14-10-12-16(13-11-14)19-18-9-5-3-7-15-6-2-4-8-17(15)18/h2,4,6,8,10-13,18-19H,3,5,7,9H2,1H3. The van der Waals surface area contributed by atoms with Gasteiger partial charge >= 0.3 is 0 Å². The number of nitrogens with one attached hydrogen (secondary N) is 1. The maximum Gasteiger partial charge on any atom is 0.0516 e. The normalized spacial score (nSPS) is 18.5. The number of fused-ring (bicyclic) bond motifs is 1. The van der Waals surface area contributed by atoms with Gasteiger partial charge in [-0.05, 0) is 49.4 Å². The van der Waals surface area contributed by atoms with E-state index in [-0.39, 0.29) is 0 Å². The highest BCUT2D eigenvalue weighted by Crippen LogP contribution is 2.31. The quantitative estimate of drug-likeness (QED) is 0.750. The van der Waals surface area contributed by atoms with Gasteiger partial charge in [0.15, 0.2) is 0 Å². The van der Waals surface area contributed by atoms with Crippen molar-refractivity contribution in [3.8, 4) is 0 Å². The number of hydrogen-bond acceptors (Lipinski definition) is 1. The minimum absolute atomic E-state index is 0.460. The third-order valence-corrected chi connectivity index (χ3v) is 4.01. The Morgan fingerprint density at radius 3 is 2.58 bits per heavy atom. The van der Waals surface area contributed by atoms with Gasteiger partial charge in [0.1, 0.15) is 0 Å². The largest absolute Gasteiger partial charge is 0.378 e. The Morgan fingerprint density at radius 2 is 1.74 bits per heavy atom. The summed E-state index contributed by atoms with van der Waals surface area (Å²) in [6, 6.07) is 18.1. The molecule has 0 aromatic heterocycles. The molecule has 0 saturated heterocycles. The Kier molecular flexibility index (Phi) is 3.54. The lowest BCUT2D eigenvalue weighted by atomic mass is 9.99. The summed E-state index contributed by atoms with van der Waals surface area (Å²) in [5, 5.41) is 3.70. The number of benzene rings is 2. The van der Waals surface area contributed by atoms with Crippen molar-refractivity contribution in [2.75, 3.05) is 5.32 Å². The number of anilines is 1. The number of hydrogen-bond donors (Lipinski definition) is 1. The van der Waals surface area contributed by atoms with Gasteiger partial charge in [0.2, 0.25) is 0 Å². The zero-order valence-corrected chi connectivity index (χ0v) is 11.5. The predicted octanol–water partition coefficient (Wildman–Crippen LogP) is 4.87. The molecule has 19 heavy (non-hydrogen) atoms. The van der Waals surface area contributed by atoms with E-state index in [1.165, 1.54) is 48.1 Å². The van der Waals surface area contributed by atoms with Crippen LogP contribution in [0.15, 0.2) is 48.5 Å². The molecule has 2 aromatic carbocycles. The summed E-state index contributed by atoms with van der Waals surface area (Å²) < 4.78 is 0. The highest BCUT2D eigenvalue weighted by atomic mass is 14.9. The summed E-state index contributed by atoms with van der Waals surface area (Å²) in [4.78, 5) is 0. The Balaban J connectivity index is 1.86. The molecule has 0 aliphatic heterocycles. The SMILES string of the molecule is Cc1ccc(NC2CCCCc3ccccc32)cc1. The second-order valence-corrected chi connectivity index (χ2v) is 5.51. The first-order valence-electron chi connectivity index (χ1n) is 7.24. The van der Waals surface area contributed by atoms with Gasteiger partial charge in [0, 0.05) is 5.69 Å².